The Balaban J connectivity index is 2.16. The summed E-state index contributed by atoms with van der Waals surface area (Å²) >= 11 is 3.10. The summed E-state index contributed by atoms with van der Waals surface area (Å²) in [5.41, 5.74) is 5.61. The van der Waals surface area contributed by atoms with Crippen LogP contribution in [-0.4, -0.2) is 6.54 Å². The molecule has 0 aliphatic carbocycles. The molecule has 0 bridgehead atoms. The number of halogens is 2. The number of ether oxygens (including phenoxy) is 1. The lowest BCUT2D eigenvalue weighted by molar-refractivity contribution is 0.183. The summed E-state index contributed by atoms with van der Waals surface area (Å²) in [6.07, 6.45) is 1.18. The van der Waals surface area contributed by atoms with Gasteiger partial charge in [-0.1, -0.05) is 0 Å². The van der Waals surface area contributed by atoms with E-state index in [1.807, 2.05) is 0 Å². The molecule has 2 aromatic rings. The van der Waals surface area contributed by atoms with Crippen molar-refractivity contribution in [3.8, 4) is 5.75 Å². The Morgan fingerprint density at radius 3 is 2.82 bits per heavy atom. The van der Waals surface area contributed by atoms with Gasteiger partial charge in [-0.15, -0.1) is 0 Å². The first kappa shape index (κ1) is 12.1. The van der Waals surface area contributed by atoms with E-state index >= 15 is 0 Å². The van der Waals surface area contributed by atoms with Gasteiger partial charge in [0.2, 0.25) is 0 Å². The second-order valence-corrected chi connectivity index (χ2v) is 4.29. The van der Waals surface area contributed by atoms with Gasteiger partial charge in [-0.3, -0.25) is 0 Å². The highest BCUT2D eigenvalue weighted by atomic mass is 79.9. The van der Waals surface area contributed by atoms with Gasteiger partial charge in [-0.2, -0.15) is 0 Å². The van der Waals surface area contributed by atoms with Crippen molar-refractivity contribution >= 4 is 15.9 Å². The summed E-state index contributed by atoms with van der Waals surface area (Å²) in [6, 6.07) is 7.99. The fourth-order valence-electron chi connectivity index (χ4n) is 1.41. The van der Waals surface area contributed by atoms with Crippen molar-refractivity contribution < 1.29 is 13.5 Å². The van der Waals surface area contributed by atoms with Crippen LogP contribution in [0.25, 0.3) is 0 Å². The molecule has 0 radical (unpaired) electrons. The molecule has 2 N–H and O–H groups in total. The number of hydrogen-bond donors (Lipinski definition) is 1. The van der Waals surface area contributed by atoms with E-state index in [-0.39, 0.29) is 18.5 Å². The molecule has 0 amide bonds. The minimum absolute atomic E-state index is 0.280. The summed E-state index contributed by atoms with van der Waals surface area (Å²) in [7, 11) is 0. The Morgan fingerprint density at radius 2 is 2.24 bits per heavy atom. The predicted molar refractivity (Wildman–Crippen MR) is 65.2 cm³/mol. The van der Waals surface area contributed by atoms with Crippen LogP contribution in [0.5, 0.6) is 5.75 Å². The molecule has 1 heterocycles. The van der Waals surface area contributed by atoms with Crippen LogP contribution in [0.3, 0.4) is 0 Å². The lowest BCUT2D eigenvalue weighted by Crippen LogP contribution is -2.17. The Bertz CT molecular complexity index is 487. The van der Waals surface area contributed by atoms with E-state index in [1.54, 1.807) is 30.5 Å². The number of nitrogens with two attached hydrogens (primary N) is 1. The zero-order valence-corrected chi connectivity index (χ0v) is 10.5. The van der Waals surface area contributed by atoms with E-state index in [0.717, 1.165) is 0 Å². The van der Waals surface area contributed by atoms with Gasteiger partial charge in [-0.25, -0.2) is 4.39 Å². The Labute approximate surface area is 106 Å². The van der Waals surface area contributed by atoms with Crippen LogP contribution < -0.4 is 10.5 Å². The number of hydrogen-bond acceptors (Lipinski definition) is 3. The monoisotopic (exact) mass is 299 g/mol. The highest BCUT2D eigenvalue weighted by molar-refractivity contribution is 9.10. The normalized spacial score (nSPS) is 12.4. The van der Waals surface area contributed by atoms with Gasteiger partial charge in [0, 0.05) is 6.54 Å². The van der Waals surface area contributed by atoms with Crippen molar-refractivity contribution in [2.75, 3.05) is 6.54 Å². The summed E-state index contributed by atoms with van der Waals surface area (Å²) < 4.78 is 24.2. The topological polar surface area (TPSA) is 48.4 Å². The van der Waals surface area contributed by atoms with Gasteiger partial charge in [-0.05, 0) is 46.3 Å². The third-order valence-corrected chi connectivity index (χ3v) is 2.85. The lowest BCUT2D eigenvalue weighted by Gasteiger charge is -2.15. The van der Waals surface area contributed by atoms with Gasteiger partial charge in [0.1, 0.15) is 17.3 Å². The molecule has 1 aromatic heterocycles. The van der Waals surface area contributed by atoms with Gasteiger partial charge in [0.05, 0.1) is 10.7 Å². The van der Waals surface area contributed by atoms with Gasteiger partial charge >= 0.3 is 0 Å². The lowest BCUT2D eigenvalue weighted by atomic mass is 10.2. The average molecular weight is 300 g/mol. The molecule has 3 nitrogen and oxygen atoms in total. The molecule has 0 aliphatic rings. The maximum Gasteiger partial charge on any atom is 0.168 e. The maximum absolute atomic E-state index is 13.0. The Morgan fingerprint density at radius 1 is 1.41 bits per heavy atom. The number of furan rings is 1. The van der Waals surface area contributed by atoms with Crippen LogP contribution in [0.1, 0.15) is 11.9 Å². The zero-order chi connectivity index (χ0) is 12.3. The molecule has 0 saturated carbocycles. The van der Waals surface area contributed by atoms with E-state index in [4.69, 9.17) is 14.9 Å². The molecule has 0 aliphatic heterocycles. The molecule has 0 saturated heterocycles. The quantitative estimate of drug-likeness (QED) is 0.943. The van der Waals surface area contributed by atoms with Crippen LogP contribution in [-0.2, 0) is 0 Å². The molecule has 1 aromatic carbocycles. The first-order valence-electron chi connectivity index (χ1n) is 5.06. The molecule has 17 heavy (non-hydrogen) atoms. The summed E-state index contributed by atoms with van der Waals surface area (Å²) in [4.78, 5) is 0. The zero-order valence-electron chi connectivity index (χ0n) is 8.90. The fourth-order valence-corrected chi connectivity index (χ4v) is 1.77. The highest BCUT2D eigenvalue weighted by Crippen LogP contribution is 2.26. The molecule has 0 spiro atoms. The van der Waals surface area contributed by atoms with E-state index in [9.17, 15) is 4.39 Å². The van der Waals surface area contributed by atoms with Crippen LogP contribution in [0, 0.1) is 5.82 Å². The van der Waals surface area contributed by atoms with E-state index in [2.05, 4.69) is 15.9 Å². The molecule has 2 rings (SSSR count). The third kappa shape index (κ3) is 2.87. The van der Waals surface area contributed by atoms with Gasteiger partial charge in [0.15, 0.2) is 6.10 Å². The standard InChI is InChI=1S/C12H11BrFNO2/c13-9-6-8(3-4-10(9)14)17-12(7-15)11-2-1-5-16-11/h1-6,12H,7,15H2. The molecular formula is C12H11BrFNO2. The molecule has 1 unspecified atom stereocenters. The van der Waals surface area contributed by atoms with Crippen molar-refractivity contribution in [1.29, 1.82) is 0 Å². The van der Waals surface area contributed by atoms with Gasteiger partial charge in [0.25, 0.3) is 0 Å². The molecule has 5 heteroatoms. The Hall–Kier alpha value is -1.33. The minimum atomic E-state index is -0.373. The van der Waals surface area contributed by atoms with Crippen LogP contribution in [0.15, 0.2) is 45.5 Å². The summed E-state index contributed by atoms with van der Waals surface area (Å²) in [6.45, 7) is 0.280. The van der Waals surface area contributed by atoms with Crippen molar-refractivity contribution in [3.05, 3.63) is 52.6 Å². The summed E-state index contributed by atoms with van der Waals surface area (Å²) in [5.74, 6) is 0.845. The Kier molecular flexibility index (Phi) is 3.81. The second-order valence-electron chi connectivity index (χ2n) is 3.43. The highest BCUT2D eigenvalue weighted by Gasteiger charge is 2.14. The second kappa shape index (κ2) is 5.33. The van der Waals surface area contributed by atoms with Crippen molar-refractivity contribution in [3.63, 3.8) is 0 Å². The fraction of sp³-hybridized carbons (Fsp3) is 0.167. The molecular weight excluding hydrogens is 289 g/mol. The SMILES string of the molecule is NCC(Oc1ccc(F)c(Br)c1)c1ccco1. The number of rotatable bonds is 4. The largest absolute Gasteiger partial charge is 0.481 e. The predicted octanol–water partition coefficient (Wildman–Crippen LogP) is 3.26. The molecule has 90 valence electrons. The molecule has 0 fully saturated rings. The maximum atomic E-state index is 13.0. The van der Waals surface area contributed by atoms with Crippen LogP contribution in [0.4, 0.5) is 4.39 Å². The van der Waals surface area contributed by atoms with Gasteiger partial charge < -0.3 is 14.9 Å². The smallest absolute Gasteiger partial charge is 0.168 e. The minimum Gasteiger partial charge on any atom is -0.481 e. The van der Waals surface area contributed by atoms with Crippen molar-refractivity contribution in [2.24, 2.45) is 5.73 Å². The molecule has 1 atom stereocenters. The van der Waals surface area contributed by atoms with E-state index in [0.29, 0.717) is 16.0 Å². The summed E-state index contributed by atoms with van der Waals surface area (Å²) in [5, 5.41) is 0. The van der Waals surface area contributed by atoms with E-state index < -0.39 is 0 Å². The first-order valence-corrected chi connectivity index (χ1v) is 5.85. The van der Waals surface area contributed by atoms with Crippen molar-refractivity contribution in [2.45, 2.75) is 6.10 Å². The first-order chi connectivity index (χ1) is 8.20. The number of benzene rings is 1. The van der Waals surface area contributed by atoms with Crippen molar-refractivity contribution in [1.82, 2.24) is 0 Å². The average Bonchev–Trinajstić information content (AvgIpc) is 2.84. The van der Waals surface area contributed by atoms with E-state index in [1.165, 1.54) is 6.07 Å². The third-order valence-electron chi connectivity index (χ3n) is 2.24. The van der Waals surface area contributed by atoms with Crippen LogP contribution in [0.2, 0.25) is 0 Å². The van der Waals surface area contributed by atoms with Crippen LogP contribution >= 0.6 is 15.9 Å².